The molecule has 0 atom stereocenters. The van der Waals surface area contributed by atoms with Gasteiger partial charge in [0, 0.05) is 5.56 Å². The quantitative estimate of drug-likeness (QED) is 0.800. The molecule has 0 aliphatic rings. The van der Waals surface area contributed by atoms with E-state index < -0.39 is 0 Å². The fourth-order valence-electron chi connectivity index (χ4n) is 1.80. The van der Waals surface area contributed by atoms with Crippen molar-refractivity contribution in [1.82, 2.24) is 9.97 Å². The summed E-state index contributed by atoms with van der Waals surface area (Å²) in [6.07, 6.45) is 1.65. The molecule has 0 bridgehead atoms. The molecule has 0 amide bonds. The molecule has 2 rings (SSSR count). The van der Waals surface area contributed by atoms with E-state index in [1.807, 2.05) is 6.92 Å². The number of hydrogen-bond donors (Lipinski definition) is 1. The summed E-state index contributed by atoms with van der Waals surface area (Å²) in [6, 6.07) is 8.58. The Bertz CT molecular complexity index is 568. The van der Waals surface area contributed by atoms with Crippen LogP contribution in [0.4, 0.5) is 0 Å². The Balaban J connectivity index is 2.47. The molecule has 0 spiro atoms. The SMILES string of the molecule is Cc1c(-c2ccc(C(C)C)cc2)[nH]cnc1=S. The molecule has 0 aliphatic carbocycles. The van der Waals surface area contributed by atoms with E-state index in [9.17, 15) is 0 Å². The molecule has 3 heteroatoms. The zero-order chi connectivity index (χ0) is 12.4. The summed E-state index contributed by atoms with van der Waals surface area (Å²) in [5, 5.41) is 0. The first-order chi connectivity index (χ1) is 8.09. The van der Waals surface area contributed by atoms with E-state index in [1.54, 1.807) is 6.33 Å². The summed E-state index contributed by atoms with van der Waals surface area (Å²) in [7, 11) is 0. The van der Waals surface area contributed by atoms with Gasteiger partial charge in [0.25, 0.3) is 0 Å². The third-order valence-electron chi connectivity index (χ3n) is 2.95. The van der Waals surface area contributed by atoms with E-state index in [1.165, 1.54) is 5.56 Å². The van der Waals surface area contributed by atoms with Crippen molar-refractivity contribution < 1.29 is 0 Å². The normalized spacial score (nSPS) is 10.8. The number of hydrogen-bond acceptors (Lipinski definition) is 2. The van der Waals surface area contributed by atoms with Crippen LogP contribution in [0, 0.1) is 11.6 Å². The summed E-state index contributed by atoms with van der Waals surface area (Å²) in [6.45, 7) is 6.39. The molecule has 1 N–H and O–H groups in total. The molecule has 0 radical (unpaired) electrons. The number of aromatic nitrogens is 2. The Hall–Kier alpha value is -1.48. The van der Waals surface area contributed by atoms with Crippen LogP contribution in [0.1, 0.15) is 30.9 Å². The van der Waals surface area contributed by atoms with Gasteiger partial charge in [0.1, 0.15) is 4.64 Å². The molecule has 17 heavy (non-hydrogen) atoms. The third-order valence-corrected chi connectivity index (χ3v) is 3.36. The zero-order valence-corrected chi connectivity index (χ0v) is 11.1. The first-order valence-electron chi connectivity index (χ1n) is 5.74. The van der Waals surface area contributed by atoms with Crippen LogP contribution in [0.3, 0.4) is 0 Å². The summed E-state index contributed by atoms with van der Waals surface area (Å²) in [5.74, 6) is 0.557. The maximum Gasteiger partial charge on any atom is 0.132 e. The molecule has 0 unspecified atom stereocenters. The lowest BCUT2D eigenvalue weighted by molar-refractivity contribution is 0.867. The highest BCUT2D eigenvalue weighted by molar-refractivity contribution is 7.71. The third kappa shape index (κ3) is 2.44. The Morgan fingerprint density at radius 2 is 1.82 bits per heavy atom. The second-order valence-corrected chi connectivity index (χ2v) is 4.87. The monoisotopic (exact) mass is 244 g/mol. The molecule has 88 valence electrons. The van der Waals surface area contributed by atoms with E-state index in [0.29, 0.717) is 10.6 Å². The highest BCUT2D eigenvalue weighted by Crippen LogP contribution is 2.23. The van der Waals surface area contributed by atoms with E-state index >= 15 is 0 Å². The minimum Gasteiger partial charge on any atom is -0.346 e. The molecule has 0 saturated carbocycles. The van der Waals surface area contributed by atoms with Crippen LogP contribution >= 0.6 is 12.2 Å². The van der Waals surface area contributed by atoms with Crippen molar-refractivity contribution in [1.29, 1.82) is 0 Å². The van der Waals surface area contributed by atoms with Crippen molar-refractivity contribution in [2.24, 2.45) is 0 Å². The molecule has 1 aromatic heterocycles. The summed E-state index contributed by atoms with van der Waals surface area (Å²) >= 11 is 5.18. The van der Waals surface area contributed by atoms with Crippen LogP contribution < -0.4 is 0 Å². The number of H-pyrrole nitrogens is 1. The number of nitrogens with zero attached hydrogens (tertiary/aromatic N) is 1. The Kier molecular flexibility index (Phi) is 3.38. The van der Waals surface area contributed by atoms with Gasteiger partial charge in [-0.05, 0) is 24.0 Å². The van der Waals surface area contributed by atoms with Crippen molar-refractivity contribution >= 4 is 12.2 Å². The molecule has 1 aromatic carbocycles. The predicted octanol–water partition coefficient (Wildman–Crippen LogP) is 4.24. The summed E-state index contributed by atoms with van der Waals surface area (Å²) in [5.41, 5.74) is 4.58. The average molecular weight is 244 g/mol. The van der Waals surface area contributed by atoms with Crippen molar-refractivity contribution in [3.63, 3.8) is 0 Å². The van der Waals surface area contributed by atoms with Gasteiger partial charge in [-0.1, -0.05) is 50.3 Å². The number of aromatic amines is 1. The summed E-state index contributed by atoms with van der Waals surface area (Å²) in [4.78, 5) is 7.23. The van der Waals surface area contributed by atoms with Crippen LogP contribution in [-0.4, -0.2) is 9.97 Å². The highest BCUT2D eigenvalue weighted by atomic mass is 32.1. The topological polar surface area (TPSA) is 28.7 Å². The molecule has 0 aliphatic heterocycles. The lowest BCUT2D eigenvalue weighted by Gasteiger charge is -2.08. The molecule has 2 aromatic rings. The van der Waals surface area contributed by atoms with Gasteiger partial charge in [-0.2, -0.15) is 0 Å². The lowest BCUT2D eigenvalue weighted by atomic mass is 10.00. The molecule has 2 nitrogen and oxygen atoms in total. The van der Waals surface area contributed by atoms with Crippen molar-refractivity contribution in [2.45, 2.75) is 26.7 Å². The Morgan fingerprint density at radius 1 is 1.18 bits per heavy atom. The van der Waals surface area contributed by atoms with Gasteiger partial charge in [-0.15, -0.1) is 0 Å². The van der Waals surface area contributed by atoms with Gasteiger partial charge in [0.15, 0.2) is 0 Å². The number of nitrogens with one attached hydrogen (secondary N) is 1. The van der Waals surface area contributed by atoms with Gasteiger partial charge in [0.05, 0.1) is 12.0 Å². The molecular formula is C14H16N2S. The fourth-order valence-corrected chi connectivity index (χ4v) is 1.96. The van der Waals surface area contributed by atoms with Crippen molar-refractivity contribution in [2.75, 3.05) is 0 Å². The van der Waals surface area contributed by atoms with Gasteiger partial charge in [-0.25, -0.2) is 4.98 Å². The van der Waals surface area contributed by atoms with Gasteiger partial charge in [-0.3, -0.25) is 0 Å². The number of rotatable bonds is 2. The van der Waals surface area contributed by atoms with Gasteiger partial charge >= 0.3 is 0 Å². The van der Waals surface area contributed by atoms with Gasteiger partial charge < -0.3 is 4.98 Å². The van der Waals surface area contributed by atoms with Crippen LogP contribution in [0.25, 0.3) is 11.3 Å². The minimum atomic E-state index is 0.557. The first kappa shape index (κ1) is 12.0. The second-order valence-electron chi connectivity index (χ2n) is 4.48. The lowest BCUT2D eigenvalue weighted by Crippen LogP contribution is -1.92. The first-order valence-corrected chi connectivity index (χ1v) is 6.15. The molecule has 0 saturated heterocycles. The minimum absolute atomic E-state index is 0.557. The van der Waals surface area contributed by atoms with E-state index in [0.717, 1.165) is 16.8 Å². The smallest absolute Gasteiger partial charge is 0.132 e. The Morgan fingerprint density at radius 3 is 2.41 bits per heavy atom. The predicted molar refractivity (Wildman–Crippen MR) is 73.7 cm³/mol. The summed E-state index contributed by atoms with van der Waals surface area (Å²) < 4.78 is 0.659. The van der Waals surface area contributed by atoms with Crippen molar-refractivity contribution in [3.05, 3.63) is 46.4 Å². The molecular weight excluding hydrogens is 228 g/mol. The fraction of sp³-hybridized carbons (Fsp3) is 0.286. The van der Waals surface area contributed by atoms with E-state index in [2.05, 4.69) is 48.1 Å². The maximum absolute atomic E-state index is 5.18. The van der Waals surface area contributed by atoms with Crippen molar-refractivity contribution in [3.8, 4) is 11.3 Å². The Labute approximate surface area is 107 Å². The maximum atomic E-state index is 5.18. The standard InChI is InChI=1S/C14H16N2S/c1-9(2)11-4-6-12(7-5-11)13-10(3)14(17)16-8-15-13/h4-9H,1-3H3,(H,15,16,17). The van der Waals surface area contributed by atoms with E-state index in [-0.39, 0.29) is 0 Å². The zero-order valence-electron chi connectivity index (χ0n) is 10.3. The molecule has 0 fully saturated rings. The van der Waals surface area contributed by atoms with Gasteiger partial charge in [0.2, 0.25) is 0 Å². The molecule has 1 heterocycles. The second kappa shape index (κ2) is 4.80. The van der Waals surface area contributed by atoms with E-state index in [4.69, 9.17) is 12.2 Å². The highest BCUT2D eigenvalue weighted by Gasteiger charge is 2.04. The van der Waals surface area contributed by atoms with Crippen LogP contribution in [0.2, 0.25) is 0 Å². The largest absolute Gasteiger partial charge is 0.346 e. The average Bonchev–Trinajstić information content (AvgIpc) is 2.33. The number of benzene rings is 1. The van der Waals surface area contributed by atoms with Crippen LogP contribution in [-0.2, 0) is 0 Å². The van der Waals surface area contributed by atoms with Crippen LogP contribution in [0.15, 0.2) is 30.6 Å². The van der Waals surface area contributed by atoms with Crippen LogP contribution in [0.5, 0.6) is 0 Å².